The quantitative estimate of drug-likeness (QED) is 0.886. The first-order valence-corrected chi connectivity index (χ1v) is 7.44. The molecule has 3 rings (SSSR count). The van der Waals surface area contributed by atoms with E-state index in [9.17, 15) is 0 Å². The number of nitrogens with one attached hydrogen (secondary N) is 1. The molecule has 1 heterocycles. The molecule has 19 heavy (non-hydrogen) atoms. The summed E-state index contributed by atoms with van der Waals surface area (Å²) < 4.78 is 6.08. The zero-order chi connectivity index (χ0) is 13.3. The molecule has 1 aromatic heterocycles. The van der Waals surface area contributed by atoms with Crippen molar-refractivity contribution in [2.75, 3.05) is 6.54 Å². The van der Waals surface area contributed by atoms with Crippen LogP contribution in [0, 0.1) is 0 Å². The van der Waals surface area contributed by atoms with Crippen LogP contribution in [0.15, 0.2) is 34.7 Å². The van der Waals surface area contributed by atoms with E-state index in [0.29, 0.717) is 6.04 Å². The molecule has 2 atom stereocenters. The maximum absolute atomic E-state index is 6.08. The van der Waals surface area contributed by atoms with Crippen LogP contribution in [0.1, 0.15) is 45.3 Å². The van der Waals surface area contributed by atoms with E-state index in [2.05, 4.69) is 43.4 Å². The van der Waals surface area contributed by atoms with Gasteiger partial charge in [0.1, 0.15) is 11.3 Å². The second-order valence-corrected chi connectivity index (χ2v) is 6.10. The Morgan fingerprint density at radius 1 is 1.37 bits per heavy atom. The van der Waals surface area contributed by atoms with Gasteiger partial charge in [-0.3, -0.25) is 0 Å². The largest absolute Gasteiger partial charge is 0.460 e. The first-order valence-electron chi connectivity index (χ1n) is 7.44. The summed E-state index contributed by atoms with van der Waals surface area (Å²) >= 11 is 0. The average molecular weight is 257 g/mol. The standard InChI is InChI=1S/C17H23NO/c1-3-10-18-14-8-9-17(2,12-14)16-11-13-6-4-5-7-15(13)19-16/h4-7,11,14,18H,3,8-10,12H2,1-2H3. The van der Waals surface area contributed by atoms with Crippen LogP contribution in [0.3, 0.4) is 0 Å². The van der Waals surface area contributed by atoms with Gasteiger partial charge in [0.2, 0.25) is 0 Å². The third kappa shape index (κ3) is 2.42. The Morgan fingerprint density at radius 2 is 2.21 bits per heavy atom. The van der Waals surface area contributed by atoms with Crippen LogP contribution in [0.2, 0.25) is 0 Å². The van der Waals surface area contributed by atoms with Crippen molar-refractivity contribution >= 4 is 11.0 Å². The minimum atomic E-state index is 0.199. The normalized spacial score (nSPS) is 27.2. The maximum atomic E-state index is 6.08. The molecule has 0 radical (unpaired) electrons. The van der Waals surface area contributed by atoms with E-state index in [1.807, 2.05) is 6.07 Å². The number of benzene rings is 1. The van der Waals surface area contributed by atoms with E-state index in [0.717, 1.165) is 17.9 Å². The van der Waals surface area contributed by atoms with Crippen molar-refractivity contribution in [1.29, 1.82) is 0 Å². The molecule has 2 heteroatoms. The molecule has 2 nitrogen and oxygen atoms in total. The van der Waals surface area contributed by atoms with Crippen molar-refractivity contribution in [1.82, 2.24) is 5.32 Å². The summed E-state index contributed by atoms with van der Waals surface area (Å²) in [6.45, 7) is 5.69. The summed E-state index contributed by atoms with van der Waals surface area (Å²) in [5.74, 6) is 1.16. The molecule has 0 amide bonds. The van der Waals surface area contributed by atoms with Crippen molar-refractivity contribution in [3.63, 3.8) is 0 Å². The summed E-state index contributed by atoms with van der Waals surface area (Å²) in [5, 5.41) is 4.87. The molecule has 0 saturated heterocycles. The Balaban J connectivity index is 1.81. The molecule has 1 saturated carbocycles. The SMILES string of the molecule is CCCNC1CCC(C)(c2cc3ccccc3o2)C1. The number of hydrogen-bond acceptors (Lipinski definition) is 2. The number of rotatable bonds is 4. The van der Waals surface area contributed by atoms with Crippen LogP contribution in [-0.4, -0.2) is 12.6 Å². The molecule has 0 bridgehead atoms. The highest BCUT2D eigenvalue weighted by Gasteiger charge is 2.38. The summed E-state index contributed by atoms with van der Waals surface area (Å²) in [5.41, 5.74) is 1.22. The van der Waals surface area contributed by atoms with Crippen molar-refractivity contribution in [3.05, 3.63) is 36.1 Å². The van der Waals surface area contributed by atoms with Gasteiger partial charge in [0.15, 0.2) is 0 Å². The zero-order valence-corrected chi connectivity index (χ0v) is 11.9. The summed E-state index contributed by atoms with van der Waals surface area (Å²) in [6, 6.07) is 11.2. The third-order valence-corrected chi connectivity index (χ3v) is 4.44. The fraction of sp³-hybridized carbons (Fsp3) is 0.529. The lowest BCUT2D eigenvalue weighted by Gasteiger charge is -2.21. The molecule has 0 spiro atoms. The highest BCUT2D eigenvalue weighted by molar-refractivity contribution is 5.78. The van der Waals surface area contributed by atoms with Gasteiger partial charge in [0, 0.05) is 16.8 Å². The van der Waals surface area contributed by atoms with Crippen LogP contribution in [0.25, 0.3) is 11.0 Å². The van der Waals surface area contributed by atoms with E-state index in [-0.39, 0.29) is 5.41 Å². The zero-order valence-electron chi connectivity index (χ0n) is 11.9. The van der Waals surface area contributed by atoms with Crippen LogP contribution < -0.4 is 5.32 Å². The van der Waals surface area contributed by atoms with Crippen LogP contribution in [0.4, 0.5) is 0 Å². The van der Waals surface area contributed by atoms with Gasteiger partial charge in [-0.15, -0.1) is 0 Å². The van der Waals surface area contributed by atoms with Gasteiger partial charge >= 0.3 is 0 Å². The molecule has 1 aliphatic carbocycles. The van der Waals surface area contributed by atoms with Crippen molar-refractivity contribution in [2.24, 2.45) is 0 Å². The van der Waals surface area contributed by atoms with Crippen LogP contribution in [0.5, 0.6) is 0 Å². The van der Waals surface area contributed by atoms with E-state index in [1.165, 1.54) is 31.1 Å². The third-order valence-electron chi connectivity index (χ3n) is 4.44. The summed E-state index contributed by atoms with van der Waals surface area (Å²) in [7, 11) is 0. The Hall–Kier alpha value is -1.28. The minimum Gasteiger partial charge on any atom is -0.460 e. The number of furan rings is 1. The van der Waals surface area contributed by atoms with Gasteiger partial charge in [-0.25, -0.2) is 0 Å². The van der Waals surface area contributed by atoms with Crippen molar-refractivity contribution in [3.8, 4) is 0 Å². The van der Waals surface area contributed by atoms with Gasteiger partial charge in [-0.05, 0) is 44.4 Å². The second kappa shape index (κ2) is 5.01. The Labute approximate surface area is 115 Å². The van der Waals surface area contributed by atoms with Gasteiger partial charge < -0.3 is 9.73 Å². The van der Waals surface area contributed by atoms with Crippen molar-refractivity contribution < 1.29 is 4.42 Å². The molecule has 1 fully saturated rings. The fourth-order valence-corrected chi connectivity index (χ4v) is 3.27. The van der Waals surface area contributed by atoms with E-state index < -0.39 is 0 Å². The summed E-state index contributed by atoms with van der Waals surface area (Å²) in [6.07, 6.45) is 4.87. The molecule has 2 unspecified atom stereocenters. The van der Waals surface area contributed by atoms with Gasteiger partial charge in [-0.1, -0.05) is 32.0 Å². The van der Waals surface area contributed by atoms with Crippen molar-refractivity contribution in [2.45, 2.75) is 51.0 Å². The first kappa shape index (κ1) is 12.7. The summed E-state index contributed by atoms with van der Waals surface area (Å²) in [4.78, 5) is 0. The van der Waals surface area contributed by atoms with Crippen LogP contribution in [-0.2, 0) is 5.41 Å². The molecular formula is C17H23NO. The highest BCUT2D eigenvalue weighted by Crippen LogP contribution is 2.42. The van der Waals surface area contributed by atoms with Gasteiger partial charge in [-0.2, -0.15) is 0 Å². The number of para-hydroxylation sites is 1. The average Bonchev–Trinajstić information content (AvgIpc) is 3.01. The Bertz CT molecular complexity index is 526. The van der Waals surface area contributed by atoms with E-state index in [4.69, 9.17) is 4.42 Å². The Kier molecular flexibility index (Phi) is 3.36. The molecule has 0 aliphatic heterocycles. The second-order valence-electron chi connectivity index (χ2n) is 6.10. The molecular weight excluding hydrogens is 234 g/mol. The van der Waals surface area contributed by atoms with Crippen LogP contribution >= 0.6 is 0 Å². The molecule has 2 aromatic rings. The predicted molar refractivity (Wildman–Crippen MR) is 79.5 cm³/mol. The lowest BCUT2D eigenvalue weighted by Crippen LogP contribution is -2.29. The highest BCUT2D eigenvalue weighted by atomic mass is 16.3. The topological polar surface area (TPSA) is 25.2 Å². The maximum Gasteiger partial charge on any atom is 0.134 e. The fourth-order valence-electron chi connectivity index (χ4n) is 3.27. The minimum absolute atomic E-state index is 0.199. The molecule has 102 valence electrons. The molecule has 1 aliphatic rings. The molecule has 1 N–H and O–H groups in total. The predicted octanol–water partition coefficient (Wildman–Crippen LogP) is 4.24. The van der Waals surface area contributed by atoms with Gasteiger partial charge in [0.05, 0.1) is 0 Å². The number of fused-ring (bicyclic) bond motifs is 1. The Morgan fingerprint density at radius 3 is 3.00 bits per heavy atom. The smallest absolute Gasteiger partial charge is 0.134 e. The van der Waals surface area contributed by atoms with Gasteiger partial charge in [0.25, 0.3) is 0 Å². The first-order chi connectivity index (χ1) is 9.21. The lowest BCUT2D eigenvalue weighted by atomic mass is 9.85. The monoisotopic (exact) mass is 257 g/mol. The van der Waals surface area contributed by atoms with E-state index in [1.54, 1.807) is 0 Å². The number of hydrogen-bond donors (Lipinski definition) is 1. The van der Waals surface area contributed by atoms with E-state index >= 15 is 0 Å². The lowest BCUT2D eigenvalue weighted by molar-refractivity contribution is 0.369. The molecule has 1 aromatic carbocycles.